The number of hydrazone groups is 1. The normalized spacial score (nSPS) is 10.4. The van der Waals surface area contributed by atoms with E-state index in [0.717, 1.165) is 11.1 Å². The van der Waals surface area contributed by atoms with Gasteiger partial charge in [0.15, 0.2) is 16.6 Å². The van der Waals surface area contributed by atoms with Crippen LogP contribution in [0.2, 0.25) is 0 Å². The van der Waals surface area contributed by atoms with Crippen molar-refractivity contribution in [1.82, 2.24) is 10.7 Å². The Morgan fingerprint density at radius 2 is 2.19 bits per heavy atom. The monoisotopic (exact) mass is 373 g/mol. The van der Waals surface area contributed by atoms with Crippen LogP contribution in [0, 0.1) is 0 Å². The lowest BCUT2D eigenvalue weighted by atomic mass is 10.2. The maximum Gasteiger partial charge on any atom is 0.379 e. The summed E-state index contributed by atoms with van der Waals surface area (Å²) in [5.41, 5.74) is 4.39. The van der Waals surface area contributed by atoms with Crippen LogP contribution in [0.25, 0.3) is 0 Å². The molecule has 1 aromatic carbocycles. The van der Waals surface area contributed by atoms with E-state index < -0.39 is 5.97 Å². The molecule has 2 rings (SSSR count). The number of furan rings is 1. The minimum Gasteiger partial charge on any atom is -0.493 e. The predicted octanol–water partition coefficient (Wildman–Crippen LogP) is 2.88. The summed E-state index contributed by atoms with van der Waals surface area (Å²) in [6.07, 6.45) is 2.96. The van der Waals surface area contributed by atoms with E-state index in [0.29, 0.717) is 17.4 Å². The Kier molecular flexibility index (Phi) is 6.92. The highest BCUT2D eigenvalue weighted by atomic mass is 32.1. The van der Waals surface area contributed by atoms with Gasteiger partial charge in [0.05, 0.1) is 19.6 Å². The molecule has 0 saturated carbocycles. The fraction of sp³-hybridized carbons (Fsp3) is 0.167. The van der Waals surface area contributed by atoms with Gasteiger partial charge in [-0.15, -0.1) is 0 Å². The van der Waals surface area contributed by atoms with E-state index in [1.165, 1.54) is 19.4 Å². The Balaban J connectivity index is 1.99. The average Bonchev–Trinajstić information content (AvgIpc) is 3.16. The van der Waals surface area contributed by atoms with Gasteiger partial charge in [-0.25, -0.2) is 4.79 Å². The molecule has 0 radical (unpaired) electrons. The molecular formula is C18H19N3O4S. The maximum absolute atomic E-state index is 11.9. The summed E-state index contributed by atoms with van der Waals surface area (Å²) >= 11 is 5.08. The first-order valence-corrected chi connectivity index (χ1v) is 8.05. The van der Waals surface area contributed by atoms with Crippen molar-refractivity contribution in [1.29, 1.82) is 0 Å². The van der Waals surface area contributed by atoms with Crippen LogP contribution < -0.4 is 20.2 Å². The second-order valence-electron chi connectivity index (χ2n) is 5.29. The van der Waals surface area contributed by atoms with Crippen molar-refractivity contribution in [3.63, 3.8) is 0 Å². The molecule has 0 amide bonds. The molecule has 0 bridgehead atoms. The molecule has 0 unspecified atom stereocenters. The lowest BCUT2D eigenvalue weighted by Crippen LogP contribution is -2.32. The molecule has 2 N–H and O–H groups in total. The third-order valence-electron chi connectivity index (χ3n) is 3.04. The molecule has 26 heavy (non-hydrogen) atoms. The quantitative estimate of drug-likeness (QED) is 0.193. The first-order chi connectivity index (χ1) is 12.5. The fourth-order valence-corrected chi connectivity index (χ4v) is 1.95. The standard InChI is InChI=1S/C18H19N3O4S/c1-12(2)10-19-18(26)21-20-11-13-6-7-14(16(9-13)23-3)25-17(22)15-5-4-8-24-15/h4-9,11H,1,10H2,2-3H3,(H2,19,21,26). The van der Waals surface area contributed by atoms with Gasteiger partial charge in [-0.1, -0.05) is 12.2 Å². The molecule has 0 aliphatic rings. The van der Waals surface area contributed by atoms with Gasteiger partial charge in [-0.05, 0) is 55.0 Å². The van der Waals surface area contributed by atoms with E-state index >= 15 is 0 Å². The molecule has 0 spiro atoms. The number of hydrogen-bond donors (Lipinski definition) is 2. The Bertz CT molecular complexity index is 816. The second kappa shape index (κ2) is 9.38. The summed E-state index contributed by atoms with van der Waals surface area (Å²) in [4.78, 5) is 11.9. The molecule has 136 valence electrons. The third-order valence-corrected chi connectivity index (χ3v) is 3.28. The van der Waals surface area contributed by atoms with Crippen molar-refractivity contribution in [3.05, 3.63) is 60.1 Å². The van der Waals surface area contributed by atoms with Gasteiger partial charge in [0.2, 0.25) is 5.76 Å². The minimum absolute atomic E-state index is 0.109. The Morgan fingerprint density at radius 1 is 1.38 bits per heavy atom. The van der Waals surface area contributed by atoms with E-state index in [9.17, 15) is 4.79 Å². The van der Waals surface area contributed by atoms with Crippen LogP contribution >= 0.6 is 12.2 Å². The number of benzene rings is 1. The molecule has 1 heterocycles. The van der Waals surface area contributed by atoms with E-state index in [-0.39, 0.29) is 11.5 Å². The lowest BCUT2D eigenvalue weighted by molar-refractivity contribution is 0.0696. The molecule has 0 saturated heterocycles. The van der Waals surface area contributed by atoms with Crippen molar-refractivity contribution in [3.8, 4) is 11.5 Å². The zero-order chi connectivity index (χ0) is 18.9. The Morgan fingerprint density at radius 3 is 2.85 bits per heavy atom. The van der Waals surface area contributed by atoms with Gasteiger partial charge in [-0.2, -0.15) is 5.10 Å². The zero-order valence-electron chi connectivity index (χ0n) is 14.4. The largest absolute Gasteiger partial charge is 0.493 e. The van der Waals surface area contributed by atoms with Crippen LogP contribution in [-0.4, -0.2) is 31.0 Å². The van der Waals surface area contributed by atoms with Crippen molar-refractivity contribution in [2.24, 2.45) is 5.10 Å². The fourth-order valence-electron chi connectivity index (χ4n) is 1.83. The van der Waals surface area contributed by atoms with E-state index in [4.69, 9.17) is 26.1 Å². The number of rotatable bonds is 7. The number of nitrogens with one attached hydrogen (secondary N) is 2. The Hall–Kier alpha value is -3.13. The van der Waals surface area contributed by atoms with Crippen molar-refractivity contribution < 1.29 is 18.7 Å². The average molecular weight is 373 g/mol. The van der Waals surface area contributed by atoms with E-state index in [1.807, 2.05) is 6.92 Å². The summed E-state index contributed by atoms with van der Waals surface area (Å²) < 4.78 is 15.5. The molecular weight excluding hydrogens is 354 g/mol. The van der Waals surface area contributed by atoms with Gasteiger partial charge in [0.25, 0.3) is 0 Å². The van der Waals surface area contributed by atoms with Crippen LogP contribution in [0.4, 0.5) is 0 Å². The number of esters is 1. The van der Waals surface area contributed by atoms with Crippen molar-refractivity contribution in [2.75, 3.05) is 13.7 Å². The first-order valence-electron chi connectivity index (χ1n) is 7.64. The number of thiocarbonyl (C=S) groups is 1. The number of carbonyl (C=O) groups excluding carboxylic acids is 1. The molecule has 0 aliphatic heterocycles. The van der Waals surface area contributed by atoms with Crippen LogP contribution in [0.1, 0.15) is 23.0 Å². The molecule has 8 heteroatoms. The smallest absolute Gasteiger partial charge is 0.379 e. The molecule has 7 nitrogen and oxygen atoms in total. The number of methoxy groups -OCH3 is 1. The SMILES string of the molecule is C=C(C)CNC(=S)NN=Cc1ccc(OC(=O)c2ccco2)c(OC)c1. The van der Waals surface area contributed by atoms with Crippen LogP contribution in [-0.2, 0) is 0 Å². The van der Waals surface area contributed by atoms with E-state index in [2.05, 4.69) is 22.4 Å². The van der Waals surface area contributed by atoms with Crippen LogP contribution in [0.5, 0.6) is 11.5 Å². The molecule has 0 fully saturated rings. The molecule has 2 aromatic rings. The van der Waals surface area contributed by atoms with Gasteiger partial charge >= 0.3 is 5.97 Å². The highest BCUT2D eigenvalue weighted by Crippen LogP contribution is 2.28. The number of carbonyl (C=O) groups is 1. The summed E-state index contributed by atoms with van der Waals surface area (Å²) in [6, 6.07) is 8.14. The van der Waals surface area contributed by atoms with Crippen LogP contribution in [0.3, 0.4) is 0 Å². The highest BCUT2D eigenvalue weighted by molar-refractivity contribution is 7.80. The second-order valence-corrected chi connectivity index (χ2v) is 5.70. The topological polar surface area (TPSA) is 85.1 Å². The molecule has 0 atom stereocenters. The van der Waals surface area contributed by atoms with Gasteiger partial charge < -0.3 is 19.2 Å². The lowest BCUT2D eigenvalue weighted by Gasteiger charge is -2.09. The zero-order valence-corrected chi connectivity index (χ0v) is 15.3. The summed E-state index contributed by atoms with van der Waals surface area (Å²) in [6.45, 7) is 6.24. The highest BCUT2D eigenvalue weighted by Gasteiger charge is 2.14. The van der Waals surface area contributed by atoms with Gasteiger partial charge in [0, 0.05) is 6.54 Å². The molecule has 0 aliphatic carbocycles. The number of ether oxygens (including phenoxy) is 2. The minimum atomic E-state index is -0.606. The van der Waals surface area contributed by atoms with Crippen molar-refractivity contribution >= 4 is 29.5 Å². The van der Waals surface area contributed by atoms with E-state index in [1.54, 1.807) is 30.5 Å². The van der Waals surface area contributed by atoms with Gasteiger partial charge in [-0.3, -0.25) is 5.43 Å². The summed E-state index contributed by atoms with van der Waals surface area (Å²) in [7, 11) is 1.48. The number of hydrogen-bond acceptors (Lipinski definition) is 6. The first kappa shape index (κ1) is 19.2. The number of nitrogens with zero attached hydrogens (tertiary/aromatic N) is 1. The summed E-state index contributed by atoms with van der Waals surface area (Å²) in [5, 5.41) is 7.38. The van der Waals surface area contributed by atoms with Crippen LogP contribution in [0.15, 0.2) is 58.3 Å². The van der Waals surface area contributed by atoms with Gasteiger partial charge in [0.1, 0.15) is 0 Å². The third kappa shape index (κ3) is 5.75. The summed E-state index contributed by atoms with van der Waals surface area (Å²) in [5.74, 6) is 0.164. The predicted molar refractivity (Wildman–Crippen MR) is 103 cm³/mol. The Labute approximate surface area is 156 Å². The molecule has 1 aromatic heterocycles. The van der Waals surface area contributed by atoms with Crippen molar-refractivity contribution in [2.45, 2.75) is 6.92 Å². The maximum atomic E-state index is 11.9.